The van der Waals surface area contributed by atoms with Gasteiger partial charge in [0.25, 0.3) is 0 Å². The Hall–Kier alpha value is -2.90. The summed E-state index contributed by atoms with van der Waals surface area (Å²) in [7, 11) is 1.54. The van der Waals surface area contributed by atoms with Gasteiger partial charge < -0.3 is 9.84 Å². The summed E-state index contributed by atoms with van der Waals surface area (Å²) in [6, 6.07) is 20.2. The van der Waals surface area contributed by atoms with Crippen molar-refractivity contribution in [3.05, 3.63) is 71.3 Å². The fraction of sp³-hybridized carbons (Fsp3) is 0.273. The summed E-state index contributed by atoms with van der Waals surface area (Å²) in [5.74, 6) is 0.409. The maximum atomic E-state index is 9.92. The van der Waals surface area contributed by atoms with Gasteiger partial charge >= 0.3 is 0 Å². The van der Waals surface area contributed by atoms with Crippen LogP contribution >= 0.6 is 0 Å². The van der Waals surface area contributed by atoms with Crippen molar-refractivity contribution >= 4 is 10.9 Å². The van der Waals surface area contributed by atoms with Crippen LogP contribution in [0, 0.1) is 11.3 Å². The molecule has 3 aromatic rings. The summed E-state index contributed by atoms with van der Waals surface area (Å²) >= 11 is 0. The Labute approximate surface area is 153 Å². The van der Waals surface area contributed by atoms with Crippen LogP contribution in [0.5, 0.6) is 5.88 Å². The number of ether oxygens (including phenoxy) is 1. The minimum Gasteiger partial charge on any atom is -0.481 e. The van der Waals surface area contributed by atoms with Crippen molar-refractivity contribution in [2.24, 2.45) is 0 Å². The lowest BCUT2D eigenvalue weighted by atomic mass is 9.78. The van der Waals surface area contributed by atoms with E-state index in [9.17, 15) is 10.4 Å². The van der Waals surface area contributed by atoms with Gasteiger partial charge in [0.05, 0.1) is 30.2 Å². The zero-order valence-electron chi connectivity index (χ0n) is 15.2. The van der Waals surface area contributed by atoms with Crippen LogP contribution in [-0.4, -0.2) is 17.2 Å². The molecule has 0 saturated carbocycles. The normalized spacial score (nSPS) is 14.4. The Morgan fingerprint density at radius 1 is 1.19 bits per heavy atom. The molecular formula is C22H22N2O2. The molecule has 0 aliphatic carbocycles. The molecule has 4 nitrogen and oxygen atoms in total. The zero-order valence-corrected chi connectivity index (χ0v) is 15.2. The summed E-state index contributed by atoms with van der Waals surface area (Å²) in [5.41, 5.74) is 2.77. The molecular weight excluding hydrogens is 324 g/mol. The van der Waals surface area contributed by atoms with Crippen LogP contribution in [0.3, 0.4) is 0 Å². The second-order valence-electron chi connectivity index (χ2n) is 6.78. The van der Waals surface area contributed by atoms with Gasteiger partial charge in [0.15, 0.2) is 0 Å². The average molecular weight is 346 g/mol. The topological polar surface area (TPSA) is 66.1 Å². The predicted octanol–water partition coefficient (Wildman–Crippen LogP) is 4.32. The molecule has 1 heterocycles. The number of hydrogen-bond donors (Lipinski definition) is 1. The zero-order chi connectivity index (χ0) is 18.7. The molecule has 0 aliphatic heterocycles. The minimum atomic E-state index is -0.663. The molecule has 0 saturated heterocycles. The summed E-state index contributed by atoms with van der Waals surface area (Å²) in [6.45, 7) is 3.63. The number of nitrogens with zero attached hydrogens (tertiary/aromatic N) is 2. The van der Waals surface area contributed by atoms with Gasteiger partial charge in [-0.05, 0) is 43.5 Å². The quantitative estimate of drug-likeness (QED) is 0.747. The fourth-order valence-electron chi connectivity index (χ4n) is 3.18. The van der Waals surface area contributed by atoms with Crippen LogP contribution in [0.15, 0.2) is 54.6 Å². The average Bonchev–Trinajstić information content (AvgIpc) is 2.67. The molecule has 0 spiro atoms. The summed E-state index contributed by atoms with van der Waals surface area (Å²) in [6.07, 6.45) is -0.0392. The fourth-order valence-corrected chi connectivity index (χ4v) is 3.18. The predicted molar refractivity (Wildman–Crippen MR) is 102 cm³/mol. The SMILES string of the molecule is COc1nc2cc(C(C)(C#N)Cc3ccccc3)ccc2cc1C(C)O. The lowest BCUT2D eigenvalue weighted by Crippen LogP contribution is -2.22. The molecule has 0 fully saturated rings. The number of rotatable bonds is 5. The number of nitriles is 1. The Balaban J connectivity index is 2.07. The Kier molecular flexibility index (Phi) is 4.92. The number of aromatic nitrogens is 1. The van der Waals surface area contributed by atoms with E-state index in [0.29, 0.717) is 17.9 Å². The van der Waals surface area contributed by atoms with Gasteiger partial charge in [-0.3, -0.25) is 0 Å². The molecule has 2 aromatic carbocycles. The highest BCUT2D eigenvalue weighted by Crippen LogP contribution is 2.32. The largest absolute Gasteiger partial charge is 0.481 e. The third kappa shape index (κ3) is 3.40. The monoisotopic (exact) mass is 346 g/mol. The highest BCUT2D eigenvalue weighted by molar-refractivity contribution is 5.81. The van der Waals surface area contributed by atoms with E-state index in [1.54, 1.807) is 14.0 Å². The van der Waals surface area contributed by atoms with E-state index in [1.165, 1.54) is 0 Å². The van der Waals surface area contributed by atoms with Crippen molar-refractivity contribution in [3.8, 4) is 11.9 Å². The van der Waals surface area contributed by atoms with Crippen molar-refractivity contribution in [2.75, 3.05) is 7.11 Å². The van der Waals surface area contributed by atoms with E-state index in [0.717, 1.165) is 22.0 Å². The van der Waals surface area contributed by atoms with Crippen molar-refractivity contribution in [1.82, 2.24) is 4.98 Å². The molecule has 0 radical (unpaired) electrons. The first-order valence-corrected chi connectivity index (χ1v) is 8.59. The van der Waals surface area contributed by atoms with E-state index in [-0.39, 0.29) is 0 Å². The molecule has 2 unspecified atom stereocenters. The van der Waals surface area contributed by atoms with Crippen molar-refractivity contribution in [3.63, 3.8) is 0 Å². The lowest BCUT2D eigenvalue weighted by molar-refractivity contribution is 0.193. The van der Waals surface area contributed by atoms with Crippen molar-refractivity contribution in [1.29, 1.82) is 5.26 Å². The van der Waals surface area contributed by atoms with E-state index in [4.69, 9.17) is 4.74 Å². The number of methoxy groups -OCH3 is 1. The maximum Gasteiger partial charge on any atom is 0.219 e. The van der Waals surface area contributed by atoms with Gasteiger partial charge in [-0.1, -0.05) is 42.5 Å². The van der Waals surface area contributed by atoms with Crippen molar-refractivity contribution < 1.29 is 9.84 Å². The second-order valence-corrected chi connectivity index (χ2v) is 6.78. The number of pyridine rings is 1. The van der Waals surface area contributed by atoms with E-state index >= 15 is 0 Å². The standard InChI is InChI=1S/C22H22N2O2/c1-15(25)19-11-17-9-10-18(12-20(17)24-21(19)26-3)22(2,14-23)13-16-7-5-4-6-8-16/h4-12,15,25H,13H2,1-3H3. The van der Waals surface area contributed by atoms with Crippen LogP contribution in [-0.2, 0) is 11.8 Å². The van der Waals surface area contributed by atoms with Crippen LogP contribution in [0.4, 0.5) is 0 Å². The van der Waals surface area contributed by atoms with E-state index in [1.807, 2.05) is 61.5 Å². The Bertz CT molecular complexity index is 961. The highest BCUT2D eigenvalue weighted by Gasteiger charge is 2.27. The van der Waals surface area contributed by atoms with Crippen LogP contribution < -0.4 is 4.74 Å². The third-order valence-electron chi connectivity index (χ3n) is 4.74. The van der Waals surface area contributed by atoms with Gasteiger partial charge in [0.1, 0.15) is 0 Å². The summed E-state index contributed by atoms with van der Waals surface area (Å²) in [4.78, 5) is 4.54. The molecule has 1 N–H and O–H groups in total. The molecule has 0 amide bonds. The van der Waals surface area contributed by atoms with E-state index < -0.39 is 11.5 Å². The van der Waals surface area contributed by atoms with Gasteiger partial charge in [-0.15, -0.1) is 0 Å². The third-order valence-corrected chi connectivity index (χ3v) is 4.74. The molecule has 4 heteroatoms. The number of benzene rings is 2. The van der Waals surface area contributed by atoms with Crippen LogP contribution in [0.1, 0.15) is 36.6 Å². The Morgan fingerprint density at radius 3 is 2.54 bits per heavy atom. The number of hydrogen-bond acceptors (Lipinski definition) is 4. The second kappa shape index (κ2) is 7.15. The molecule has 0 aliphatic rings. The molecule has 26 heavy (non-hydrogen) atoms. The molecule has 2 atom stereocenters. The first-order chi connectivity index (χ1) is 12.5. The number of aliphatic hydroxyl groups excluding tert-OH is 1. The molecule has 0 bridgehead atoms. The van der Waals surface area contributed by atoms with Gasteiger partial charge in [0, 0.05) is 10.9 Å². The molecule has 132 valence electrons. The van der Waals surface area contributed by atoms with Gasteiger partial charge in [0.2, 0.25) is 5.88 Å². The summed E-state index contributed by atoms with van der Waals surface area (Å²) in [5, 5.41) is 20.7. The summed E-state index contributed by atoms with van der Waals surface area (Å²) < 4.78 is 5.33. The lowest BCUT2D eigenvalue weighted by Gasteiger charge is -2.23. The van der Waals surface area contributed by atoms with E-state index in [2.05, 4.69) is 11.1 Å². The Morgan fingerprint density at radius 2 is 1.92 bits per heavy atom. The maximum absolute atomic E-state index is 9.92. The van der Waals surface area contributed by atoms with Gasteiger partial charge in [-0.2, -0.15) is 5.26 Å². The van der Waals surface area contributed by atoms with Crippen LogP contribution in [0.25, 0.3) is 10.9 Å². The minimum absolute atomic E-state index is 0.409. The van der Waals surface area contributed by atoms with Crippen LogP contribution in [0.2, 0.25) is 0 Å². The van der Waals surface area contributed by atoms with Crippen molar-refractivity contribution in [2.45, 2.75) is 31.8 Å². The number of fused-ring (bicyclic) bond motifs is 1. The number of aliphatic hydroxyl groups is 1. The first kappa shape index (κ1) is 17.9. The van der Waals surface area contributed by atoms with Gasteiger partial charge in [-0.25, -0.2) is 4.98 Å². The highest BCUT2D eigenvalue weighted by atomic mass is 16.5. The smallest absolute Gasteiger partial charge is 0.219 e. The molecule has 1 aromatic heterocycles. The first-order valence-electron chi connectivity index (χ1n) is 8.59. The molecule has 3 rings (SSSR count).